The molecule has 0 radical (unpaired) electrons. The first-order valence-corrected chi connectivity index (χ1v) is 14.4. The molecule has 3 heterocycles. The molecule has 0 spiro atoms. The first-order chi connectivity index (χ1) is 19.0. The van der Waals surface area contributed by atoms with E-state index in [2.05, 4.69) is 27.3 Å². The van der Waals surface area contributed by atoms with Gasteiger partial charge in [0.15, 0.2) is 5.82 Å². The van der Waals surface area contributed by atoms with Gasteiger partial charge in [-0.3, -0.25) is 0 Å². The number of nitrogens with one attached hydrogen (secondary N) is 2. The van der Waals surface area contributed by atoms with Crippen LogP contribution in [0.5, 0.6) is 0 Å². The number of halogens is 3. The summed E-state index contributed by atoms with van der Waals surface area (Å²) in [7, 11) is 0. The lowest BCUT2D eigenvalue weighted by Crippen LogP contribution is -2.24. The van der Waals surface area contributed by atoms with Gasteiger partial charge in [0, 0.05) is 34.9 Å². The minimum atomic E-state index is 0.517. The minimum absolute atomic E-state index is 0.517. The van der Waals surface area contributed by atoms with E-state index in [4.69, 9.17) is 52.1 Å². The highest BCUT2D eigenvalue weighted by molar-refractivity contribution is 7.80. The highest BCUT2D eigenvalue weighted by Gasteiger charge is 2.29. The fraction of sp³-hybridized carbons (Fsp3) is 0.200. The number of thiocarbonyl (C=S) groups is 1. The highest BCUT2D eigenvalue weighted by atomic mass is 35.5. The molecule has 0 unspecified atom stereocenters. The predicted octanol–water partition coefficient (Wildman–Crippen LogP) is 8.18. The number of aryl methyl sites for hydroxylation is 2. The molecular formula is C30H26Cl3N5S. The molecule has 0 saturated heterocycles. The van der Waals surface area contributed by atoms with Gasteiger partial charge in [0.2, 0.25) is 0 Å². The number of hydrogen-bond acceptors (Lipinski definition) is 3. The summed E-state index contributed by atoms with van der Waals surface area (Å²) in [6.45, 7) is 2.09. The fourth-order valence-electron chi connectivity index (χ4n) is 5.22. The number of anilines is 1. The molecule has 39 heavy (non-hydrogen) atoms. The van der Waals surface area contributed by atoms with E-state index in [9.17, 15) is 0 Å². The van der Waals surface area contributed by atoms with Crippen LogP contribution in [0.4, 0.5) is 5.69 Å². The Hall–Kier alpha value is -3.03. The number of hydrogen-bond donors (Lipinski definition) is 2. The molecule has 0 aliphatic carbocycles. The third kappa shape index (κ3) is 5.27. The Bertz CT molecular complexity index is 1660. The van der Waals surface area contributed by atoms with Gasteiger partial charge in [0.25, 0.3) is 0 Å². The molecule has 9 heteroatoms. The number of nitrogens with zero attached hydrogens (tertiary/aromatic N) is 3. The zero-order valence-corrected chi connectivity index (χ0v) is 24.1. The number of aromatic nitrogens is 3. The van der Waals surface area contributed by atoms with Crippen LogP contribution in [0.25, 0.3) is 16.8 Å². The molecule has 3 aromatic carbocycles. The van der Waals surface area contributed by atoms with Gasteiger partial charge in [-0.25, -0.2) is 4.52 Å². The fourth-order valence-corrected chi connectivity index (χ4v) is 5.90. The van der Waals surface area contributed by atoms with Crippen molar-refractivity contribution in [2.75, 3.05) is 5.32 Å². The van der Waals surface area contributed by atoms with E-state index in [1.165, 1.54) is 5.56 Å². The predicted molar refractivity (Wildman–Crippen MR) is 165 cm³/mol. The molecule has 1 aliphatic heterocycles. The van der Waals surface area contributed by atoms with Crippen LogP contribution in [0.2, 0.25) is 15.1 Å². The summed E-state index contributed by atoms with van der Waals surface area (Å²) in [6.07, 6.45) is 3.07. The van der Waals surface area contributed by atoms with Gasteiger partial charge in [-0.15, -0.1) is 0 Å². The van der Waals surface area contributed by atoms with Crippen molar-refractivity contribution in [1.29, 1.82) is 0 Å². The van der Waals surface area contributed by atoms with E-state index in [1.54, 1.807) is 0 Å². The van der Waals surface area contributed by atoms with Crippen LogP contribution in [0, 0.1) is 0 Å². The molecule has 2 aromatic heterocycles. The van der Waals surface area contributed by atoms with E-state index in [0.717, 1.165) is 65.4 Å². The van der Waals surface area contributed by atoms with Crippen LogP contribution in [-0.2, 0) is 26.1 Å². The molecule has 0 bridgehead atoms. The van der Waals surface area contributed by atoms with Gasteiger partial charge in [0.05, 0.1) is 16.6 Å². The maximum Gasteiger partial charge on any atom is 0.150 e. The van der Waals surface area contributed by atoms with E-state index in [0.29, 0.717) is 33.1 Å². The second-order valence-electron chi connectivity index (χ2n) is 9.62. The Morgan fingerprint density at radius 1 is 0.897 bits per heavy atom. The minimum Gasteiger partial charge on any atom is -0.378 e. The van der Waals surface area contributed by atoms with Crippen molar-refractivity contribution in [3.8, 4) is 11.1 Å². The van der Waals surface area contributed by atoms with Gasteiger partial charge in [-0.1, -0.05) is 83.4 Å². The van der Waals surface area contributed by atoms with Crippen molar-refractivity contribution < 1.29 is 0 Å². The number of rotatable bonds is 7. The Kier molecular flexibility index (Phi) is 7.54. The van der Waals surface area contributed by atoms with Crippen molar-refractivity contribution in [3.05, 3.63) is 111 Å². The molecule has 5 nitrogen and oxygen atoms in total. The summed E-state index contributed by atoms with van der Waals surface area (Å²) in [5.41, 5.74) is 7.38. The van der Waals surface area contributed by atoms with Crippen molar-refractivity contribution in [2.24, 2.45) is 0 Å². The summed E-state index contributed by atoms with van der Waals surface area (Å²) in [4.78, 5) is 0.642. The largest absolute Gasteiger partial charge is 0.378 e. The number of benzene rings is 3. The lowest BCUT2D eigenvalue weighted by molar-refractivity contribution is 0.619. The third-order valence-electron chi connectivity index (χ3n) is 7.08. The molecule has 198 valence electrons. The highest BCUT2D eigenvalue weighted by Crippen LogP contribution is 2.39. The first kappa shape index (κ1) is 26.2. The van der Waals surface area contributed by atoms with Crippen LogP contribution in [0.1, 0.15) is 35.5 Å². The molecule has 0 atom stereocenters. The molecule has 0 saturated carbocycles. The van der Waals surface area contributed by atoms with E-state index in [1.807, 2.05) is 65.2 Å². The van der Waals surface area contributed by atoms with Gasteiger partial charge < -0.3 is 15.2 Å². The lowest BCUT2D eigenvalue weighted by atomic mass is 9.98. The molecule has 2 N–H and O–H groups in total. The van der Waals surface area contributed by atoms with Crippen LogP contribution in [0.15, 0.2) is 72.8 Å². The second-order valence-corrected chi connectivity index (χ2v) is 11.3. The van der Waals surface area contributed by atoms with Crippen LogP contribution >= 0.6 is 47.0 Å². The van der Waals surface area contributed by atoms with Crippen molar-refractivity contribution in [1.82, 2.24) is 19.5 Å². The molecule has 5 aromatic rings. The first-order valence-electron chi connectivity index (χ1n) is 12.9. The Labute approximate surface area is 247 Å². The van der Waals surface area contributed by atoms with E-state index < -0.39 is 0 Å². The van der Waals surface area contributed by atoms with Gasteiger partial charge in [-0.2, -0.15) is 5.10 Å². The normalized spacial score (nSPS) is 12.9. The quantitative estimate of drug-likeness (QED) is 0.187. The summed E-state index contributed by atoms with van der Waals surface area (Å²) in [5, 5.41) is 13.9. The summed E-state index contributed by atoms with van der Waals surface area (Å²) >= 11 is 24.9. The Morgan fingerprint density at radius 3 is 2.46 bits per heavy atom. The van der Waals surface area contributed by atoms with Crippen LogP contribution < -0.4 is 10.6 Å². The summed E-state index contributed by atoms with van der Waals surface area (Å²) < 4.78 is 4.35. The average Bonchev–Trinajstić information content (AvgIpc) is 3.35. The monoisotopic (exact) mass is 593 g/mol. The lowest BCUT2D eigenvalue weighted by Gasteiger charge is -2.12. The molecular weight excluding hydrogens is 569 g/mol. The Balaban J connectivity index is 1.46. The van der Waals surface area contributed by atoms with E-state index >= 15 is 0 Å². The zero-order valence-electron chi connectivity index (χ0n) is 21.1. The second kappa shape index (κ2) is 11.2. The topological polar surface area (TPSA) is 46.3 Å². The molecule has 0 amide bonds. The average molecular weight is 595 g/mol. The van der Waals surface area contributed by atoms with Crippen LogP contribution in [0.3, 0.4) is 0 Å². The van der Waals surface area contributed by atoms with Gasteiger partial charge in [0.1, 0.15) is 16.3 Å². The molecule has 6 rings (SSSR count). The van der Waals surface area contributed by atoms with E-state index in [-0.39, 0.29) is 0 Å². The Morgan fingerprint density at radius 2 is 1.69 bits per heavy atom. The van der Waals surface area contributed by atoms with Crippen molar-refractivity contribution >= 4 is 63.3 Å². The summed E-state index contributed by atoms with van der Waals surface area (Å²) in [6, 6.07) is 23.7. The van der Waals surface area contributed by atoms with Gasteiger partial charge >= 0.3 is 0 Å². The molecule has 0 fully saturated rings. The third-order valence-corrected chi connectivity index (χ3v) is 8.40. The van der Waals surface area contributed by atoms with Gasteiger partial charge in [-0.05, 0) is 66.8 Å². The maximum atomic E-state index is 6.49. The molecule has 1 aliphatic rings. The zero-order chi connectivity index (χ0) is 26.9. The van der Waals surface area contributed by atoms with Crippen LogP contribution in [-0.4, -0.2) is 19.2 Å². The maximum absolute atomic E-state index is 6.49. The smallest absolute Gasteiger partial charge is 0.150 e. The van der Waals surface area contributed by atoms with Crippen molar-refractivity contribution in [3.63, 3.8) is 0 Å². The van der Waals surface area contributed by atoms with Crippen molar-refractivity contribution in [2.45, 2.75) is 38.9 Å². The summed E-state index contributed by atoms with van der Waals surface area (Å²) in [5.74, 6) is 0.955. The SMILES string of the molecule is S=C(NCc1ccccc1)c1c(-c2ccc(Cl)c(Cl)c2)c2c3n(c(CNc4ccc(Cl)cc4)nn13)CCCC2. The standard InChI is InChI=1S/C30H26Cl3N5S/c31-21-10-12-22(13-11-21)34-18-26-36-38-28(29(39)35-17-19-6-2-1-3-7-19)27(20-9-14-24(32)25(33)16-20)23-8-4-5-15-37(26)30(23)38/h1-3,6-7,9-14,16,34H,4-5,8,15,17-18H2,(H,35,39).